The molecule has 3 rings (SSSR count). The van der Waals surface area contributed by atoms with Gasteiger partial charge in [-0.2, -0.15) is 13.2 Å². The van der Waals surface area contributed by atoms with E-state index in [4.69, 9.17) is 11.6 Å². The smallest absolute Gasteiger partial charge is 0.324 e. The van der Waals surface area contributed by atoms with Crippen LogP contribution in [0.1, 0.15) is 36.3 Å². The fraction of sp³-hybridized carbons (Fsp3) is 0.350. The van der Waals surface area contributed by atoms with E-state index in [0.29, 0.717) is 18.1 Å². The third-order valence-electron chi connectivity index (χ3n) is 4.74. The van der Waals surface area contributed by atoms with Gasteiger partial charge in [0.25, 0.3) is 0 Å². The van der Waals surface area contributed by atoms with Crippen LogP contribution in [0.25, 0.3) is 0 Å². The topological polar surface area (TPSA) is 32.3 Å². The molecule has 3 nitrogen and oxygen atoms in total. The van der Waals surface area contributed by atoms with Crippen LogP contribution in [0.4, 0.5) is 23.7 Å². The number of hydrogen-bond acceptors (Lipinski definition) is 1. The highest BCUT2D eigenvalue weighted by Gasteiger charge is 2.31. The minimum absolute atomic E-state index is 0.141. The van der Waals surface area contributed by atoms with Gasteiger partial charge in [0.05, 0.1) is 5.56 Å². The lowest BCUT2D eigenvalue weighted by molar-refractivity contribution is -0.137. The number of anilines is 1. The maximum absolute atomic E-state index is 12.8. The SMILES string of the molecule is O=C(Nc1cccc(C(F)(F)F)c1)N1CCCCC(c2ccc(Cl)cc2)C1. The molecule has 27 heavy (non-hydrogen) atoms. The Labute approximate surface area is 161 Å². The van der Waals surface area contributed by atoms with Crippen LogP contribution < -0.4 is 5.32 Å². The van der Waals surface area contributed by atoms with Crippen molar-refractivity contribution >= 4 is 23.3 Å². The summed E-state index contributed by atoms with van der Waals surface area (Å²) >= 11 is 5.94. The van der Waals surface area contributed by atoms with E-state index in [9.17, 15) is 18.0 Å². The average Bonchev–Trinajstić information content (AvgIpc) is 2.88. The van der Waals surface area contributed by atoms with E-state index in [-0.39, 0.29) is 17.6 Å². The van der Waals surface area contributed by atoms with Gasteiger partial charge < -0.3 is 10.2 Å². The largest absolute Gasteiger partial charge is 0.416 e. The number of likely N-dealkylation sites (tertiary alicyclic amines) is 1. The predicted octanol–water partition coefficient (Wildman–Crippen LogP) is 6.16. The Morgan fingerprint density at radius 3 is 2.56 bits per heavy atom. The van der Waals surface area contributed by atoms with Gasteiger partial charge >= 0.3 is 12.2 Å². The summed E-state index contributed by atoms with van der Waals surface area (Å²) in [6, 6.07) is 11.9. The van der Waals surface area contributed by atoms with Crippen molar-refractivity contribution in [2.45, 2.75) is 31.4 Å². The molecule has 1 aliphatic heterocycles. The van der Waals surface area contributed by atoms with Gasteiger partial charge in [0.15, 0.2) is 0 Å². The summed E-state index contributed by atoms with van der Waals surface area (Å²) in [6.45, 7) is 1.10. The molecule has 7 heteroatoms. The summed E-state index contributed by atoms with van der Waals surface area (Å²) in [5, 5.41) is 3.26. The Morgan fingerprint density at radius 2 is 1.85 bits per heavy atom. The monoisotopic (exact) mass is 396 g/mol. The molecule has 1 aliphatic rings. The van der Waals surface area contributed by atoms with Crippen LogP contribution in [-0.4, -0.2) is 24.0 Å². The zero-order chi connectivity index (χ0) is 19.4. The zero-order valence-corrected chi connectivity index (χ0v) is 15.4. The molecule has 1 N–H and O–H groups in total. The summed E-state index contributed by atoms with van der Waals surface area (Å²) < 4.78 is 38.5. The number of urea groups is 1. The molecule has 0 saturated carbocycles. The molecule has 2 aromatic carbocycles. The van der Waals surface area contributed by atoms with Crippen LogP contribution in [-0.2, 0) is 6.18 Å². The lowest BCUT2D eigenvalue weighted by Gasteiger charge is -2.25. The van der Waals surface area contributed by atoms with Crippen molar-refractivity contribution in [2.75, 3.05) is 18.4 Å². The van der Waals surface area contributed by atoms with Crippen LogP contribution in [0.3, 0.4) is 0 Å². The Morgan fingerprint density at radius 1 is 1.11 bits per heavy atom. The van der Waals surface area contributed by atoms with Gasteiger partial charge in [-0.3, -0.25) is 0 Å². The third kappa shape index (κ3) is 5.16. The van der Waals surface area contributed by atoms with E-state index in [0.717, 1.165) is 37.0 Å². The van der Waals surface area contributed by atoms with Gasteiger partial charge in [-0.25, -0.2) is 4.79 Å². The Hall–Kier alpha value is -2.21. The molecular weight excluding hydrogens is 377 g/mol. The van der Waals surface area contributed by atoms with Crippen molar-refractivity contribution in [3.63, 3.8) is 0 Å². The van der Waals surface area contributed by atoms with E-state index in [1.165, 1.54) is 12.1 Å². The summed E-state index contributed by atoms with van der Waals surface area (Å²) in [5.74, 6) is 0.178. The number of halogens is 4. The van der Waals surface area contributed by atoms with E-state index in [1.54, 1.807) is 4.90 Å². The highest BCUT2D eigenvalue weighted by molar-refractivity contribution is 6.30. The van der Waals surface area contributed by atoms with Crippen LogP contribution in [0.2, 0.25) is 5.02 Å². The second kappa shape index (κ2) is 8.21. The lowest BCUT2D eigenvalue weighted by Crippen LogP contribution is -2.37. The predicted molar refractivity (Wildman–Crippen MR) is 100 cm³/mol. The van der Waals surface area contributed by atoms with Gasteiger partial charge in [0.1, 0.15) is 0 Å². The molecule has 1 heterocycles. The summed E-state index contributed by atoms with van der Waals surface area (Å²) in [7, 11) is 0. The normalized spacial score (nSPS) is 18.1. The van der Waals surface area contributed by atoms with Crippen molar-refractivity contribution in [3.05, 3.63) is 64.7 Å². The van der Waals surface area contributed by atoms with E-state index in [2.05, 4.69) is 5.32 Å². The number of nitrogens with zero attached hydrogens (tertiary/aromatic N) is 1. The van der Waals surface area contributed by atoms with Crippen LogP contribution in [0.15, 0.2) is 48.5 Å². The first-order valence-corrected chi connectivity index (χ1v) is 9.19. The standard InChI is InChI=1S/C20H20ClF3N2O/c21-17-9-7-14(8-10-17)15-4-1-2-11-26(13-15)19(27)25-18-6-3-5-16(12-18)20(22,23)24/h3,5-10,12,15H,1-2,4,11,13H2,(H,25,27). The highest BCUT2D eigenvalue weighted by Crippen LogP contribution is 2.31. The van der Waals surface area contributed by atoms with Gasteiger partial charge in [0, 0.05) is 29.7 Å². The molecule has 2 aromatic rings. The summed E-state index contributed by atoms with van der Waals surface area (Å²) in [5.41, 5.74) is 0.468. The number of carbonyl (C=O) groups is 1. The molecule has 1 saturated heterocycles. The molecule has 1 unspecified atom stereocenters. The Kier molecular flexibility index (Phi) is 5.95. The van der Waals surface area contributed by atoms with Gasteiger partial charge in [-0.1, -0.05) is 36.2 Å². The molecule has 0 radical (unpaired) electrons. The number of alkyl halides is 3. The fourth-order valence-electron chi connectivity index (χ4n) is 3.31. The van der Waals surface area contributed by atoms with Gasteiger partial charge in [0.2, 0.25) is 0 Å². The van der Waals surface area contributed by atoms with Gasteiger partial charge in [-0.05, 0) is 48.7 Å². The molecule has 144 valence electrons. The number of hydrogen-bond donors (Lipinski definition) is 1. The maximum atomic E-state index is 12.8. The summed E-state index contributed by atoms with van der Waals surface area (Å²) in [4.78, 5) is 14.3. The molecular formula is C20H20ClF3N2O. The number of amides is 2. The summed E-state index contributed by atoms with van der Waals surface area (Å²) in [6.07, 6.45) is -1.64. The van der Waals surface area contributed by atoms with Crippen molar-refractivity contribution in [1.29, 1.82) is 0 Å². The van der Waals surface area contributed by atoms with E-state index >= 15 is 0 Å². The fourth-order valence-corrected chi connectivity index (χ4v) is 3.44. The van der Waals surface area contributed by atoms with Crippen molar-refractivity contribution in [1.82, 2.24) is 4.90 Å². The Bertz CT molecular complexity index is 793. The van der Waals surface area contributed by atoms with Crippen LogP contribution >= 0.6 is 11.6 Å². The molecule has 0 spiro atoms. The first-order chi connectivity index (χ1) is 12.8. The third-order valence-corrected chi connectivity index (χ3v) is 4.99. The van der Waals surface area contributed by atoms with Crippen molar-refractivity contribution < 1.29 is 18.0 Å². The molecule has 1 atom stereocenters. The van der Waals surface area contributed by atoms with Crippen molar-refractivity contribution in [3.8, 4) is 0 Å². The molecule has 0 aromatic heterocycles. The van der Waals surface area contributed by atoms with Gasteiger partial charge in [-0.15, -0.1) is 0 Å². The first-order valence-electron chi connectivity index (χ1n) is 8.81. The highest BCUT2D eigenvalue weighted by atomic mass is 35.5. The lowest BCUT2D eigenvalue weighted by atomic mass is 9.94. The minimum atomic E-state index is -4.44. The molecule has 1 fully saturated rings. The second-order valence-corrected chi connectivity index (χ2v) is 7.14. The number of carbonyl (C=O) groups excluding carboxylic acids is 1. The van der Waals surface area contributed by atoms with Crippen LogP contribution in [0, 0.1) is 0 Å². The zero-order valence-electron chi connectivity index (χ0n) is 14.6. The average molecular weight is 397 g/mol. The maximum Gasteiger partial charge on any atom is 0.416 e. The Balaban J connectivity index is 1.71. The number of rotatable bonds is 2. The number of nitrogens with one attached hydrogen (secondary N) is 1. The van der Waals surface area contributed by atoms with E-state index in [1.807, 2.05) is 24.3 Å². The minimum Gasteiger partial charge on any atom is -0.324 e. The van der Waals surface area contributed by atoms with E-state index < -0.39 is 11.7 Å². The first kappa shape index (κ1) is 19.5. The molecule has 0 aliphatic carbocycles. The number of benzene rings is 2. The van der Waals surface area contributed by atoms with Crippen molar-refractivity contribution in [2.24, 2.45) is 0 Å². The molecule has 2 amide bonds. The van der Waals surface area contributed by atoms with Crippen LogP contribution in [0.5, 0.6) is 0 Å². The molecule has 0 bridgehead atoms. The quantitative estimate of drug-likeness (QED) is 0.647. The second-order valence-electron chi connectivity index (χ2n) is 6.70.